The third-order valence-corrected chi connectivity index (χ3v) is 4.87. The normalized spacial score (nSPS) is 10.8. The van der Waals surface area contributed by atoms with Gasteiger partial charge in [-0.05, 0) is 42.3 Å². The summed E-state index contributed by atoms with van der Waals surface area (Å²) >= 11 is 0. The number of esters is 2. The Kier molecular flexibility index (Phi) is 10.2. The maximum absolute atomic E-state index is 14.6. The largest absolute Gasteiger partial charge is 0.490 e. The number of rotatable bonds is 11. The Hall–Kier alpha value is -4.81. The monoisotopic (exact) mass is 515 g/mol. The highest BCUT2D eigenvalue weighted by atomic mass is 19.1. The lowest BCUT2D eigenvalue weighted by Gasteiger charge is -2.14. The van der Waals surface area contributed by atoms with Crippen LogP contribution in [0.3, 0.4) is 0 Å². The summed E-state index contributed by atoms with van der Waals surface area (Å²) in [5.74, 6) is -4.54. The number of amides is 1. The van der Waals surface area contributed by atoms with Gasteiger partial charge in [0.2, 0.25) is 0 Å². The number of methoxy groups -OCH3 is 2. The third kappa shape index (κ3) is 7.59. The first-order valence-corrected chi connectivity index (χ1v) is 10.5. The van der Waals surface area contributed by atoms with Crippen molar-refractivity contribution < 1.29 is 37.4 Å². The first-order chi connectivity index (χ1) is 17.6. The molecule has 0 fully saturated rings. The van der Waals surface area contributed by atoms with E-state index in [9.17, 15) is 23.2 Å². The molecule has 0 atom stereocenters. The number of hydrogen-bond donors (Lipinski definition) is 3. The van der Waals surface area contributed by atoms with E-state index in [2.05, 4.69) is 25.1 Å². The number of hydrogen-bond acceptors (Lipinski definition) is 9. The summed E-state index contributed by atoms with van der Waals surface area (Å²) in [6.07, 6.45) is 3.34. The minimum atomic E-state index is -0.949. The van der Waals surface area contributed by atoms with E-state index in [0.29, 0.717) is 5.56 Å². The maximum Gasteiger partial charge on any atom is 0.340 e. The summed E-state index contributed by atoms with van der Waals surface area (Å²) < 4.78 is 43.8. The fourth-order valence-corrected chi connectivity index (χ4v) is 3.06. The number of benzene rings is 2. The molecule has 0 radical (unpaired) electrons. The molecule has 0 heterocycles. The van der Waals surface area contributed by atoms with E-state index >= 15 is 0 Å². The highest BCUT2D eigenvalue weighted by Crippen LogP contribution is 2.28. The predicted molar refractivity (Wildman–Crippen MR) is 129 cm³/mol. The Bertz CT molecular complexity index is 1290. The van der Waals surface area contributed by atoms with Crippen LogP contribution in [0.25, 0.3) is 0 Å². The molecule has 0 aliphatic rings. The molecule has 0 aliphatic carbocycles. The topological polar surface area (TPSA) is 163 Å². The molecule has 37 heavy (non-hydrogen) atoms. The minimum Gasteiger partial charge on any atom is -0.490 e. The lowest BCUT2D eigenvalue weighted by molar-refractivity contribution is -0.110. The summed E-state index contributed by atoms with van der Waals surface area (Å²) in [5, 5.41) is 16.0. The van der Waals surface area contributed by atoms with Crippen LogP contribution in [0.2, 0.25) is 0 Å². The Balaban J connectivity index is 2.23. The molecule has 2 aromatic carbocycles. The van der Waals surface area contributed by atoms with Crippen molar-refractivity contribution in [1.82, 2.24) is 0 Å². The highest BCUT2D eigenvalue weighted by Gasteiger charge is 2.20. The molecule has 1 amide bonds. The molecular weight excluding hydrogens is 492 g/mol. The van der Waals surface area contributed by atoms with Crippen molar-refractivity contribution in [3.05, 3.63) is 70.3 Å². The van der Waals surface area contributed by atoms with Crippen LogP contribution in [-0.4, -0.2) is 50.6 Å². The number of halogens is 2. The molecule has 3 N–H and O–H groups in total. The van der Waals surface area contributed by atoms with Gasteiger partial charge in [-0.25, -0.2) is 18.4 Å². The van der Waals surface area contributed by atoms with Gasteiger partial charge in [-0.2, -0.15) is 5.53 Å². The summed E-state index contributed by atoms with van der Waals surface area (Å²) in [6.45, 7) is 1.43. The smallest absolute Gasteiger partial charge is 0.340 e. The van der Waals surface area contributed by atoms with Crippen molar-refractivity contribution in [2.24, 2.45) is 10.3 Å². The number of ether oxygens (including phenoxy) is 3. The quantitative estimate of drug-likeness (QED) is 0.177. The average molecular weight is 515 g/mol. The van der Waals surface area contributed by atoms with Crippen molar-refractivity contribution in [3.8, 4) is 5.75 Å². The van der Waals surface area contributed by atoms with Gasteiger partial charge in [-0.3, -0.25) is 10.2 Å². The Morgan fingerprint density at radius 3 is 2.32 bits per heavy atom. The van der Waals surface area contributed by atoms with Crippen molar-refractivity contribution in [1.29, 1.82) is 10.9 Å². The van der Waals surface area contributed by atoms with E-state index < -0.39 is 35.2 Å². The Morgan fingerprint density at radius 2 is 1.68 bits per heavy atom. The van der Waals surface area contributed by atoms with Gasteiger partial charge in [0, 0.05) is 12.5 Å². The number of allylic oxidation sites excluding steroid dienone is 1. The molecule has 0 aliphatic heterocycles. The number of anilines is 1. The average Bonchev–Trinajstić information content (AvgIpc) is 2.88. The lowest BCUT2D eigenvalue weighted by Crippen LogP contribution is -2.22. The molecule has 0 aromatic heterocycles. The van der Waals surface area contributed by atoms with Crippen LogP contribution in [0.5, 0.6) is 5.75 Å². The van der Waals surface area contributed by atoms with Gasteiger partial charge in [0.05, 0.1) is 43.9 Å². The van der Waals surface area contributed by atoms with Gasteiger partial charge in [-0.1, -0.05) is 11.3 Å². The second-order valence-corrected chi connectivity index (χ2v) is 7.26. The van der Waals surface area contributed by atoms with Crippen molar-refractivity contribution in [3.63, 3.8) is 0 Å². The van der Waals surface area contributed by atoms with E-state index in [1.54, 1.807) is 6.92 Å². The van der Waals surface area contributed by atoms with E-state index in [1.807, 2.05) is 0 Å². The molecule has 0 saturated heterocycles. The predicted octanol–water partition coefficient (Wildman–Crippen LogP) is 4.00. The summed E-state index contributed by atoms with van der Waals surface area (Å²) in [6, 6.07) is 4.34. The molecule has 0 unspecified atom stereocenters. The Morgan fingerprint density at radius 1 is 1.03 bits per heavy atom. The molecule has 0 bridgehead atoms. The lowest BCUT2D eigenvalue weighted by atomic mass is 10.0. The zero-order chi connectivity index (χ0) is 27.5. The molecule has 0 saturated carbocycles. The fourth-order valence-electron chi connectivity index (χ4n) is 3.06. The van der Waals surface area contributed by atoms with E-state index in [4.69, 9.17) is 15.7 Å². The van der Waals surface area contributed by atoms with Crippen LogP contribution in [0, 0.1) is 29.5 Å². The zero-order valence-electron chi connectivity index (χ0n) is 20.1. The third-order valence-electron chi connectivity index (χ3n) is 4.87. The van der Waals surface area contributed by atoms with Crippen molar-refractivity contribution in [2.45, 2.75) is 13.3 Å². The molecule has 13 heteroatoms. The molecule has 0 spiro atoms. The number of aryl methyl sites for hydroxylation is 1. The van der Waals surface area contributed by atoms with E-state index in [1.165, 1.54) is 19.3 Å². The number of nitrogens with zero attached hydrogens (tertiary/aromatic N) is 2. The van der Waals surface area contributed by atoms with Crippen molar-refractivity contribution >= 4 is 35.5 Å². The van der Waals surface area contributed by atoms with Crippen LogP contribution in [-0.2, 0) is 20.7 Å². The minimum absolute atomic E-state index is 0.00953. The fraction of sp³-hybridized carbons (Fsp3) is 0.208. The SMILES string of the molecule is COC(=O)c1cc(F)c(CCOc2cc(NC(=O)C(=N)/C=C\C=N\N=N)c(C(=O)OC)cc2F)cc1C. The molecular formula is C24H23F2N5O6. The van der Waals surface area contributed by atoms with Gasteiger partial charge in [-0.15, -0.1) is 5.10 Å². The number of carbonyl (C=O) groups excluding carboxylic acids is 3. The van der Waals surface area contributed by atoms with Crippen molar-refractivity contribution in [2.75, 3.05) is 26.1 Å². The summed E-state index contributed by atoms with van der Waals surface area (Å²) in [4.78, 5) is 36.1. The Labute approximate surface area is 210 Å². The first-order valence-electron chi connectivity index (χ1n) is 10.5. The first kappa shape index (κ1) is 28.4. The highest BCUT2D eigenvalue weighted by molar-refractivity contribution is 6.46. The van der Waals surface area contributed by atoms with Crippen LogP contribution in [0.4, 0.5) is 14.5 Å². The second kappa shape index (κ2) is 13.3. The van der Waals surface area contributed by atoms with Gasteiger partial charge < -0.3 is 19.5 Å². The molecule has 194 valence electrons. The van der Waals surface area contributed by atoms with Gasteiger partial charge in [0.25, 0.3) is 5.91 Å². The van der Waals surface area contributed by atoms with E-state index in [-0.39, 0.29) is 41.2 Å². The van der Waals surface area contributed by atoms with Crippen LogP contribution >= 0.6 is 0 Å². The number of carbonyl (C=O) groups is 3. The molecule has 2 aromatic rings. The van der Waals surface area contributed by atoms with Crippen LogP contribution in [0.15, 0.2) is 46.7 Å². The summed E-state index contributed by atoms with van der Waals surface area (Å²) in [5.41, 5.74) is 6.25. The number of nitrogens with one attached hydrogen (secondary N) is 3. The standard InChI is InChI=1S/C24H23F2N5O6/c1-13-9-14(17(25)10-15(13)23(33)35-2)6-8-37-21-12-20(16(11-18(21)26)24(34)36-3)30-22(32)19(27)5-4-7-29-31-28/h4-5,7,9-12,27-28H,6,8H2,1-3H3,(H,30,32)/b5-4-,27-19?,29-7+,31-28?. The summed E-state index contributed by atoms with van der Waals surface area (Å²) in [7, 11) is 2.25. The van der Waals surface area contributed by atoms with Gasteiger partial charge in [0.1, 0.15) is 11.5 Å². The molecule has 11 nitrogen and oxygen atoms in total. The van der Waals surface area contributed by atoms with Crippen LogP contribution < -0.4 is 10.1 Å². The zero-order valence-corrected chi connectivity index (χ0v) is 20.1. The maximum atomic E-state index is 14.6. The second-order valence-electron chi connectivity index (χ2n) is 7.26. The van der Waals surface area contributed by atoms with Gasteiger partial charge >= 0.3 is 11.9 Å². The van der Waals surface area contributed by atoms with Gasteiger partial charge in [0.15, 0.2) is 11.6 Å². The van der Waals surface area contributed by atoms with E-state index in [0.717, 1.165) is 37.6 Å². The molecule has 2 rings (SSSR count). The van der Waals surface area contributed by atoms with Crippen LogP contribution in [0.1, 0.15) is 31.8 Å².